The molecule has 1 aromatic carbocycles. The Morgan fingerprint density at radius 2 is 1.35 bits per heavy atom. The lowest BCUT2D eigenvalue weighted by molar-refractivity contribution is 0.258. The SMILES string of the molecule is CC(C)COc1c(C(C)(C)C)cc(Br)cc1C(C)(C)C. The van der Waals surface area contributed by atoms with Crippen molar-refractivity contribution < 1.29 is 4.74 Å². The van der Waals surface area contributed by atoms with E-state index in [1.807, 2.05) is 0 Å². The van der Waals surface area contributed by atoms with Gasteiger partial charge in [-0.15, -0.1) is 0 Å². The number of ether oxygens (including phenoxy) is 1. The zero-order chi connectivity index (χ0) is 15.7. The third-order valence-electron chi connectivity index (χ3n) is 3.23. The third kappa shape index (κ3) is 4.51. The second kappa shape index (κ2) is 6.09. The minimum Gasteiger partial charge on any atom is -0.493 e. The zero-order valence-corrected chi connectivity index (χ0v) is 15.8. The highest BCUT2D eigenvalue weighted by Crippen LogP contribution is 2.41. The third-order valence-corrected chi connectivity index (χ3v) is 3.69. The Bertz CT molecular complexity index is 426. The van der Waals surface area contributed by atoms with Crippen LogP contribution in [-0.2, 0) is 10.8 Å². The highest BCUT2D eigenvalue weighted by atomic mass is 79.9. The van der Waals surface area contributed by atoms with Crippen molar-refractivity contribution in [3.05, 3.63) is 27.7 Å². The fourth-order valence-electron chi connectivity index (χ4n) is 2.11. The number of hydrogen-bond donors (Lipinski definition) is 0. The first-order valence-electron chi connectivity index (χ1n) is 7.40. The van der Waals surface area contributed by atoms with Crippen LogP contribution in [0.15, 0.2) is 16.6 Å². The molecule has 0 aliphatic rings. The van der Waals surface area contributed by atoms with Gasteiger partial charge >= 0.3 is 0 Å². The fraction of sp³-hybridized carbons (Fsp3) is 0.667. The number of halogens is 1. The second-order valence-corrected chi connectivity index (χ2v) is 8.95. The van der Waals surface area contributed by atoms with Gasteiger partial charge in [0.05, 0.1) is 6.61 Å². The Hall–Kier alpha value is -0.500. The summed E-state index contributed by atoms with van der Waals surface area (Å²) in [5.74, 6) is 1.60. The lowest BCUT2D eigenvalue weighted by Crippen LogP contribution is -2.21. The quantitative estimate of drug-likeness (QED) is 0.647. The first-order chi connectivity index (χ1) is 8.93. The van der Waals surface area contributed by atoms with E-state index in [0.717, 1.165) is 16.8 Å². The van der Waals surface area contributed by atoms with E-state index < -0.39 is 0 Å². The number of benzene rings is 1. The summed E-state index contributed by atoms with van der Waals surface area (Å²) in [4.78, 5) is 0. The standard InChI is InChI=1S/C18H29BrO/c1-12(2)11-20-16-14(17(3,4)5)9-13(19)10-15(16)18(6,7)8/h9-10,12H,11H2,1-8H3. The highest BCUT2D eigenvalue weighted by Gasteiger charge is 2.27. The molecule has 0 amide bonds. The molecule has 0 aromatic heterocycles. The van der Waals surface area contributed by atoms with E-state index in [4.69, 9.17) is 4.74 Å². The fourth-order valence-corrected chi connectivity index (χ4v) is 2.57. The van der Waals surface area contributed by atoms with E-state index in [-0.39, 0.29) is 10.8 Å². The average Bonchev–Trinajstić information content (AvgIpc) is 2.23. The Morgan fingerprint density at radius 3 is 1.65 bits per heavy atom. The van der Waals surface area contributed by atoms with Crippen LogP contribution in [0.3, 0.4) is 0 Å². The smallest absolute Gasteiger partial charge is 0.126 e. The molecular weight excluding hydrogens is 312 g/mol. The Labute approximate surface area is 133 Å². The summed E-state index contributed by atoms with van der Waals surface area (Å²) in [6.45, 7) is 18.6. The molecular formula is C18H29BrO. The lowest BCUT2D eigenvalue weighted by atomic mass is 9.79. The van der Waals surface area contributed by atoms with E-state index in [1.54, 1.807) is 0 Å². The predicted molar refractivity (Wildman–Crippen MR) is 91.9 cm³/mol. The molecule has 0 saturated carbocycles. The van der Waals surface area contributed by atoms with Gasteiger partial charge in [0, 0.05) is 15.6 Å². The summed E-state index contributed by atoms with van der Waals surface area (Å²) in [5.41, 5.74) is 2.68. The van der Waals surface area contributed by atoms with Crippen LogP contribution in [0.2, 0.25) is 0 Å². The van der Waals surface area contributed by atoms with E-state index in [0.29, 0.717) is 5.92 Å². The molecule has 2 heteroatoms. The van der Waals surface area contributed by atoms with E-state index in [9.17, 15) is 0 Å². The van der Waals surface area contributed by atoms with E-state index >= 15 is 0 Å². The first-order valence-corrected chi connectivity index (χ1v) is 8.19. The maximum Gasteiger partial charge on any atom is 0.126 e. The van der Waals surface area contributed by atoms with Crippen LogP contribution in [-0.4, -0.2) is 6.61 Å². The Kier molecular flexibility index (Phi) is 5.34. The van der Waals surface area contributed by atoms with Crippen molar-refractivity contribution in [1.29, 1.82) is 0 Å². The van der Waals surface area contributed by atoms with Gasteiger partial charge in [-0.05, 0) is 28.9 Å². The molecule has 0 atom stereocenters. The van der Waals surface area contributed by atoms with Gasteiger partial charge in [0.2, 0.25) is 0 Å². The van der Waals surface area contributed by atoms with Gasteiger partial charge in [0.25, 0.3) is 0 Å². The Balaban J connectivity index is 3.46. The van der Waals surface area contributed by atoms with Crippen molar-refractivity contribution in [2.45, 2.75) is 66.2 Å². The lowest BCUT2D eigenvalue weighted by Gasteiger charge is -2.30. The topological polar surface area (TPSA) is 9.23 Å². The molecule has 114 valence electrons. The van der Waals surface area contributed by atoms with Crippen LogP contribution in [0.5, 0.6) is 5.75 Å². The molecule has 0 bridgehead atoms. The largest absolute Gasteiger partial charge is 0.493 e. The summed E-state index contributed by atoms with van der Waals surface area (Å²) in [7, 11) is 0. The normalized spacial score (nSPS) is 12.9. The van der Waals surface area contributed by atoms with Crippen molar-refractivity contribution in [3.8, 4) is 5.75 Å². The molecule has 0 saturated heterocycles. The van der Waals surface area contributed by atoms with Gasteiger partial charge in [-0.25, -0.2) is 0 Å². The van der Waals surface area contributed by atoms with Gasteiger partial charge in [-0.1, -0.05) is 71.3 Å². The van der Waals surface area contributed by atoms with Crippen LogP contribution in [0.1, 0.15) is 66.5 Å². The predicted octanol–water partition coefficient (Wildman–Crippen LogP) is 6.08. The van der Waals surface area contributed by atoms with Gasteiger partial charge < -0.3 is 4.74 Å². The van der Waals surface area contributed by atoms with Gasteiger partial charge in [-0.2, -0.15) is 0 Å². The summed E-state index contributed by atoms with van der Waals surface area (Å²) >= 11 is 3.66. The summed E-state index contributed by atoms with van der Waals surface area (Å²) in [5, 5.41) is 0. The number of rotatable bonds is 3. The van der Waals surface area contributed by atoms with Crippen LogP contribution in [0.25, 0.3) is 0 Å². The molecule has 0 aliphatic heterocycles. The molecule has 0 radical (unpaired) electrons. The molecule has 1 rings (SSSR count). The van der Waals surface area contributed by atoms with Gasteiger partial charge in [0.15, 0.2) is 0 Å². The van der Waals surface area contributed by atoms with Crippen LogP contribution < -0.4 is 4.74 Å². The van der Waals surface area contributed by atoms with Crippen molar-refractivity contribution in [2.24, 2.45) is 5.92 Å². The van der Waals surface area contributed by atoms with Crippen molar-refractivity contribution >= 4 is 15.9 Å². The minimum atomic E-state index is 0.0656. The average molecular weight is 341 g/mol. The molecule has 1 nitrogen and oxygen atoms in total. The molecule has 0 spiro atoms. The minimum absolute atomic E-state index is 0.0656. The van der Waals surface area contributed by atoms with E-state index in [2.05, 4.69) is 83.5 Å². The molecule has 0 heterocycles. The maximum absolute atomic E-state index is 6.22. The van der Waals surface area contributed by atoms with Gasteiger partial charge in [0.1, 0.15) is 5.75 Å². The van der Waals surface area contributed by atoms with Crippen LogP contribution in [0, 0.1) is 5.92 Å². The Morgan fingerprint density at radius 1 is 0.950 bits per heavy atom. The molecule has 0 fully saturated rings. The summed E-state index contributed by atoms with van der Waals surface area (Å²) in [6.07, 6.45) is 0. The monoisotopic (exact) mass is 340 g/mol. The van der Waals surface area contributed by atoms with Crippen molar-refractivity contribution in [1.82, 2.24) is 0 Å². The first kappa shape index (κ1) is 17.6. The summed E-state index contributed by atoms with van der Waals surface area (Å²) < 4.78 is 7.35. The molecule has 0 unspecified atom stereocenters. The van der Waals surface area contributed by atoms with Crippen LogP contribution in [0.4, 0.5) is 0 Å². The molecule has 0 N–H and O–H groups in total. The van der Waals surface area contributed by atoms with Crippen LogP contribution >= 0.6 is 15.9 Å². The maximum atomic E-state index is 6.22. The number of hydrogen-bond acceptors (Lipinski definition) is 1. The molecule has 20 heavy (non-hydrogen) atoms. The van der Waals surface area contributed by atoms with Crippen molar-refractivity contribution in [3.63, 3.8) is 0 Å². The molecule has 1 aromatic rings. The van der Waals surface area contributed by atoms with Crippen molar-refractivity contribution in [2.75, 3.05) is 6.61 Å². The second-order valence-electron chi connectivity index (χ2n) is 8.03. The highest BCUT2D eigenvalue weighted by molar-refractivity contribution is 9.10. The van der Waals surface area contributed by atoms with E-state index in [1.165, 1.54) is 11.1 Å². The zero-order valence-electron chi connectivity index (χ0n) is 14.2. The molecule has 0 aliphatic carbocycles. The summed E-state index contributed by atoms with van der Waals surface area (Å²) in [6, 6.07) is 4.40. The van der Waals surface area contributed by atoms with Gasteiger partial charge in [-0.3, -0.25) is 0 Å².